The van der Waals surface area contributed by atoms with Gasteiger partial charge in [0.15, 0.2) is 0 Å². The molecule has 2 saturated carbocycles. The van der Waals surface area contributed by atoms with Gasteiger partial charge in [0.2, 0.25) is 0 Å². The first-order valence-electron chi connectivity index (χ1n) is 13.2. The standard InChI is InChI=1S/C7H8O.2C6H13N.C6H6O.2C2H6.CH3Br/c1-8-7-5-3-2-4-6-7;2*1-7-6-4-2-3-5-6;7-6-4-2-1-3-5-6;3*1-2/h2-6H,1H3;2*6-7H,2-5H2,1H3;1-5,7H;2*1-2H3;1H3. The fourth-order valence-electron chi connectivity index (χ4n) is 3.41. The molecule has 0 bridgehead atoms. The van der Waals surface area contributed by atoms with Gasteiger partial charge in [0.1, 0.15) is 11.5 Å². The minimum atomic E-state index is 0.322. The van der Waals surface area contributed by atoms with Crippen LogP contribution in [0.15, 0.2) is 60.7 Å². The molecule has 2 aliphatic rings. The van der Waals surface area contributed by atoms with E-state index >= 15 is 0 Å². The molecule has 0 atom stereocenters. The molecule has 5 heteroatoms. The van der Waals surface area contributed by atoms with E-state index in [0.29, 0.717) is 5.75 Å². The van der Waals surface area contributed by atoms with E-state index in [1.807, 2.05) is 69.9 Å². The minimum Gasteiger partial charge on any atom is -0.508 e. The highest BCUT2D eigenvalue weighted by molar-refractivity contribution is 9.08. The zero-order chi connectivity index (χ0) is 27.2. The first kappa shape index (κ1) is 38.0. The van der Waals surface area contributed by atoms with Crippen LogP contribution in [-0.2, 0) is 0 Å². The number of benzene rings is 2. The number of hydrogen-bond acceptors (Lipinski definition) is 4. The number of halogens is 1. The third-order valence-electron chi connectivity index (χ3n) is 5.26. The van der Waals surface area contributed by atoms with Crippen LogP contribution >= 0.6 is 15.9 Å². The highest BCUT2D eigenvalue weighted by Crippen LogP contribution is 2.17. The molecule has 204 valence electrons. The Bertz CT molecular complexity index is 572. The summed E-state index contributed by atoms with van der Waals surface area (Å²) in [5, 5.41) is 15.2. The average Bonchev–Trinajstić information content (AvgIpc) is 3.69. The summed E-state index contributed by atoms with van der Waals surface area (Å²) in [4.78, 5) is 0. The van der Waals surface area contributed by atoms with Crippen LogP contribution in [0.1, 0.15) is 79.1 Å². The zero-order valence-corrected chi connectivity index (χ0v) is 25.4. The summed E-state index contributed by atoms with van der Waals surface area (Å²) in [5.41, 5.74) is 0. The van der Waals surface area contributed by atoms with E-state index < -0.39 is 0 Å². The van der Waals surface area contributed by atoms with Crippen molar-refractivity contribution in [3.8, 4) is 11.5 Å². The lowest BCUT2D eigenvalue weighted by atomic mass is 10.3. The fraction of sp³-hybridized carbons (Fsp3) is 0.600. The van der Waals surface area contributed by atoms with Crippen molar-refractivity contribution in [2.45, 2.75) is 91.1 Å². The van der Waals surface area contributed by atoms with Gasteiger partial charge >= 0.3 is 0 Å². The Morgan fingerprint density at radius 1 is 0.657 bits per heavy atom. The number of nitrogens with one attached hydrogen (secondary N) is 2. The second kappa shape index (κ2) is 32.4. The predicted octanol–water partition coefficient (Wildman–Crippen LogP) is 8.45. The van der Waals surface area contributed by atoms with Crippen LogP contribution in [0.3, 0.4) is 0 Å². The number of para-hydroxylation sites is 2. The van der Waals surface area contributed by atoms with Gasteiger partial charge in [-0.15, -0.1) is 0 Å². The molecule has 0 spiro atoms. The molecular weight excluding hydrogens is 500 g/mol. The zero-order valence-electron chi connectivity index (χ0n) is 23.8. The highest BCUT2D eigenvalue weighted by Gasteiger charge is 2.11. The van der Waals surface area contributed by atoms with Crippen molar-refractivity contribution in [1.29, 1.82) is 0 Å². The lowest BCUT2D eigenvalue weighted by Crippen LogP contribution is -2.20. The number of aromatic hydroxyl groups is 1. The highest BCUT2D eigenvalue weighted by atomic mass is 79.9. The van der Waals surface area contributed by atoms with Crippen molar-refractivity contribution in [2.75, 3.05) is 27.0 Å². The Morgan fingerprint density at radius 3 is 1.14 bits per heavy atom. The smallest absolute Gasteiger partial charge is 0.118 e. The van der Waals surface area contributed by atoms with Gasteiger partial charge in [-0.3, -0.25) is 0 Å². The Kier molecular flexibility index (Phi) is 35.2. The summed E-state index contributed by atoms with van der Waals surface area (Å²) in [6.45, 7) is 8.00. The molecular formula is C30H55BrN2O2. The maximum absolute atomic E-state index is 8.63. The number of rotatable bonds is 3. The number of alkyl halides is 1. The number of phenolic OH excluding ortho intramolecular Hbond substituents is 1. The summed E-state index contributed by atoms with van der Waals surface area (Å²) < 4.78 is 4.91. The van der Waals surface area contributed by atoms with Crippen LogP contribution in [0.25, 0.3) is 0 Å². The normalized spacial score (nSPS) is 13.6. The molecule has 2 aromatic rings. The van der Waals surface area contributed by atoms with Gasteiger partial charge in [-0.25, -0.2) is 0 Å². The van der Waals surface area contributed by atoms with Crippen LogP contribution in [-0.4, -0.2) is 44.2 Å². The van der Waals surface area contributed by atoms with Crippen LogP contribution in [0.4, 0.5) is 0 Å². The molecule has 2 fully saturated rings. The number of phenols is 1. The maximum Gasteiger partial charge on any atom is 0.118 e. The molecule has 0 heterocycles. The van der Waals surface area contributed by atoms with E-state index in [0.717, 1.165) is 17.8 Å². The quantitative estimate of drug-likeness (QED) is 0.333. The summed E-state index contributed by atoms with van der Waals surface area (Å²) >= 11 is 2.94. The van der Waals surface area contributed by atoms with E-state index in [2.05, 4.69) is 40.7 Å². The molecule has 0 radical (unpaired) electrons. The molecule has 2 aromatic carbocycles. The van der Waals surface area contributed by atoms with Crippen molar-refractivity contribution in [1.82, 2.24) is 10.6 Å². The van der Waals surface area contributed by atoms with Crippen molar-refractivity contribution in [2.24, 2.45) is 0 Å². The molecule has 0 saturated heterocycles. The topological polar surface area (TPSA) is 53.5 Å². The molecule has 35 heavy (non-hydrogen) atoms. The lowest BCUT2D eigenvalue weighted by Gasteiger charge is -2.03. The third kappa shape index (κ3) is 25.3. The molecule has 4 nitrogen and oxygen atoms in total. The lowest BCUT2D eigenvalue weighted by molar-refractivity contribution is 0.415. The first-order valence-corrected chi connectivity index (χ1v) is 14.8. The summed E-state index contributed by atoms with van der Waals surface area (Å²) in [7, 11) is 5.77. The van der Waals surface area contributed by atoms with Crippen LogP contribution in [0, 0.1) is 0 Å². The molecule has 3 N–H and O–H groups in total. The molecule has 0 aromatic heterocycles. The molecule has 0 aliphatic heterocycles. The van der Waals surface area contributed by atoms with Crippen LogP contribution in [0.5, 0.6) is 11.5 Å². The summed E-state index contributed by atoms with van der Waals surface area (Å²) in [6.07, 6.45) is 11.3. The Balaban J connectivity index is -0.000000364. The monoisotopic (exact) mass is 554 g/mol. The molecule has 4 rings (SSSR count). The van der Waals surface area contributed by atoms with E-state index in [1.54, 1.807) is 31.4 Å². The Hall–Kier alpha value is -1.56. The largest absolute Gasteiger partial charge is 0.508 e. The van der Waals surface area contributed by atoms with Crippen molar-refractivity contribution in [3.63, 3.8) is 0 Å². The van der Waals surface area contributed by atoms with E-state index in [1.165, 1.54) is 51.4 Å². The van der Waals surface area contributed by atoms with Crippen molar-refractivity contribution in [3.05, 3.63) is 60.7 Å². The Morgan fingerprint density at radius 2 is 0.971 bits per heavy atom. The Labute approximate surface area is 226 Å². The second-order valence-corrected chi connectivity index (χ2v) is 7.39. The van der Waals surface area contributed by atoms with Gasteiger partial charge in [0.25, 0.3) is 0 Å². The maximum atomic E-state index is 8.63. The molecule has 0 amide bonds. The number of ether oxygens (including phenoxy) is 1. The summed E-state index contributed by atoms with van der Waals surface area (Å²) in [6, 6.07) is 20.1. The predicted molar refractivity (Wildman–Crippen MR) is 161 cm³/mol. The van der Waals surface area contributed by atoms with Gasteiger partial charge in [0, 0.05) is 12.1 Å². The SMILES string of the molecule is CBr.CC.CC.CNC1CCCC1.CNC1CCCC1.COc1ccccc1.Oc1ccccc1. The van der Waals surface area contributed by atoms with E-state index in [-0.39, 0.29) is 0 Å². The average molecular weight is 556 g/mol. The first-order chi connectivity index (χ1) is 17.2. The summed E-state index contributed by atoms with van der Waals surface area (Å²) in [5.74, 6) is 3.04. The van der Waals surface area contributed by atoms with Crippen molar-refractivity contribution >= 4 is 15.9 Å². The molecule has 2 aliphatic carbocycles. The van der Waals surface area contributed by atoms with Gasteiger partial charge in [-0.1, -0.05) is 106 Å². The second-order valence-electron chi connectivity index (χ2n) is 7.39. The third-order valence-corrected chi connectivity index (χ3v) is 5.26. The number of methoxy groups -OCH3 is 1. The fourth-order valence-corrected chi connectivity index (χ4v) is 3.41. The van der Waals surface area contributed by atoms with Gasteiger partial charge in [-0.2, -0.15) is 0 Å². The minimum absolute atomic E-state index is 0.322. The van der Waals surface area contributed by atoms with Crippen LogP contribution in [0.2, 0.25) is 0 Å². The van der Waals surface area contributed by atoms with Gasteiger partial charge in [-0.05, 0) is 69.9 Å². The van der Waals surface area contributed by atoms with Crippen molar-refractivity contribution < 1.29 is 9.84 Å². The van der Waals surface area contributed by atoms with Gasteiger partial charge in [0.05, 0.1) is 7.11 Å². The number of hydrogen-bond donors (Lipinski definition) is 3. The van der Waals surface area contributed by atoms with E-state index in [9.17, 15) is 0 Å². The van der Waals surface area contributed by atoms with Gasteiger partial charge < -0.3 is 20.5 Å². The van der Waals surface area contributed by atoms with E-state index in [4.69, 9.17) is 9.84 Å². The van der Waals surface area contributed by atoms with Crippen LogP contribution < -0.4 is 15.4 Å². The molecule has 0 unspecified atom stereocenters.